The van der Waals surface area contributed by atoms with E-state index in [1.807, 2.05) is 0 Å². The molecule has 1 aliphatic rings. The molecule has 38 valence electrons. The van der Waals surface area contributed by atoms with Gasteiger partial charge in [0.05, 0.1) is 0 Å². The summed E-state index contributed by atoms with van der Waals surface area (Å²) in [7, 11) is 0. The minimum absolute atomic E-state index is 0. The van der Waals surface area contributed by atoms with Gasteiger partial charge in [-0.1, -0.05) is 6.61 Å². The molecule has 0 aromatic heterocycles. The molecule has 0 unspecified atom stereocenters. The fraction of sp³-hybridized carbons (Fsp3) is 0.750. The first-order valence-corrected chi connectivity index (χ1v) is 1.89. The van der Waals surface area contributed by atoms with Gasteiger partial charge in [-0.05, 0) is 0 Å². The van der Waals surface area contributed by atoms with Gasteiger partial charge in [-0.3, -0.25) is 0 Å². The van der Waals surface area contributed by atoms with Gasteiger partial charge in [0.1, 0.15) is 0 Å². The molecule has 0 aromatic carbocycles. The zero-order chi connectivity index (χ0) is 3.54. The van der Waals surface area contributed by atoms with Crippen LogP contribution in [0.4, 0.5) is 0 Å². The summed E-state index contributed by atoms with van der Waals surface area (Å²) in [5.41, 5.74) is 0. The zero-order valence-corrected chi connectivity index (χ0v) is 9.32. The van der Waals surface area contributed by atoms with Crippen LogP contribution in [0.15, 0.2) is 0 Å². The van der Waals surface area contributed by atoms with Crippen LogP contribution in [0.3, 0.4) is 0 Å². The Bertz CT molecular complexity index is 23.3. The van der Waals surface area contributed by atoms with Gasteiger partial charge < -0.3 is 35.1 Å². The van der Waals surface area contributed by atoms with Crippen LogP contribution in [0.5, 0.6) is 0 Å². The van der Waals surface area contributed by atoms with Crippen LogP contribution in [0, 0.1) is 6.42 Å². The van der Waals surface area contributed by atoms with Crippen molar-refractivity contribution in [2.24, 2.45) is 0 Å². The monoisotopic (exact) mass is 262 g/mol. The van der Waals surface area contributed by atoms with Crippen molar-refractivity contribution in [1.82, 2.24) is 0 Å². The van der Waals surface area contributed by atoms with Gasteiger partial charge in [-0.25, -0.2) is 0 Å². The Balaban J connectivity index is 0. The molecule has 7 heavy (non-hydrogen) atoms. The number of rotatable bonds is 0. The molecular formula is C4H7IOZn. The third kappa shape index (κ3) is 5.18. The van der Waals surface area contributed by atoms with E-state index in [9.17, 15) is 0 Å². The summed E-state index contributed by atoms with van der Waals surface area (Å²) < 4.78 is 4.89. The first kappa shape index (κ1) is 11.2. The van der Waals surface area contributed by atoms with Gasteiger partial charge in [0, 0.05) is 6.61 Å². The predicted octanol–water partition coefficient (Wildman–Crippen LogP) is -2.39. The van der Waals surface area contributed by atoms with Gasteiger partial charge in [-0.15, -0.1) is 0 Å². The molecule has 1 saturated heterocycles. The van der Waals surface area contributed by atoms with E-state index in [1.165, 1.54) is 0 Å². The number of hydrogen-bond acceptors (Lipinski definition) is 1. The molecule has 1 rings (SSSR count). The van der Waals surface area contributed by atoms with Crippen molar-refractivity contribution in [1.29, 1.82) is 0 Å². The average molecular weight is 263 g/mol. The van der Waals surface area contributed by atoms with Crippen LogP contribution in [-0.4, -0.2) is 13.2 Å². The van der Waals surface area contributed by atoms with E-state index in [2.05, 4.69) is 6.42 Å². The van der Waals surface area contributed by atoms with Crippen LogP contribution in [0.1, 0.15) is 6.42 Å². The summed E-state index contributed by atoms with van der Waals surface area (Å²) >= 11 is 0. The summed E-state index contributed by atoms with van der Waals surface area (Å²) in [6, 6.07) is 0. The third-order valence-corrected chi connectivity index (χ3v) is 0.702. The van der Waals surface area contributed by atoms with Crippen molar-refractivity contribution in [3.05, 3.63) is 6.42 Å². The Morgan fingerprint density at radius 1 is 1.43 bits per heavy atom. The van der Waals surface area contributed by atoms with E-state index in [4.69, 9.17) is 4.74 Å². The predicted molar refractivity (Wildman–Crippen MR) is 19.7 cm³/mol. The first-order chi connectivity index (χ1) is 2.50. The number of halogens is 1. The fourth-order valence-electron chi connectivity index (χ4n) is 0.417. The van der Waals surface area contributed by atoms with E-state index < -0.39 is 0 Å². The molecule has 1 nitrogen and oxygen atoms in total. The summed E-state index contributed by atoms with van der Waals surface area (Å²) in [5.74, 6) is 0. The molecule has 1 heterocycles. The maximum Gasteiger partial charge on any atom is 2.00 e. The van der Waals surface area contributed by atoms with Crippen LogP contribution in [0.25, 0.3) is 0 Å². The molecule has 0 spiro atoms. The summed E-state index contributed by atoms with van der Waals surface area (Å²) in [5, 5.41) is 0. The molecule has 0 bridgehead atoms. The van der Waals surface area contributed by atoms with Crippen molar-refractivity contribution in [3.63, 3.8) is 0 Å². The topological polar surface area (TPSA) is 9.23 Å². The Labute approximate surface area is 74.0 Å². The Morgan fingerprint density at radius 3 is 2.29 bits per heavy atom. The SMILES string of the molecule is [CH-]1CCOC1.[I-].[Zn+2]. The van der Waals surface area contributed by atoms with Gasteiger partial charge >= 0.3 is 19.5 Å². The molecule has 0 atom stereocenters. The molecule has 1 aliphatic heterocycles. The smallest absolute Gasteiger partial charge is 1.00 e. The molecule has 0 N–H and O–H groups in total. The summed E-state index contributed by atoms with van der Waals surface area (Å²) in [6.45, 7) is 1.82. The van der Waals surface area contributed by atoms with Crippen molar-refractivity contribution in [2.45, 2.75) is 6.42 Å². The second-order valence-corrected chi connectivity index (χ2v) is 1.15. The van der Waals surface area contributed by atoms with E-state index in [0.717, 1.165) is 19.6 Å². The standard InChI is InChI=1S/C4H7O.HI.Zn/c1-2-4-5-3-1;;/h1H,2-4H2;1H;/q-1;;+2/p-1. The van der Waals surface area contributed by atoms with Crippen LogP contribution in [0.2, 0.25) is 0 Å². The van der Waals surface area contributed by atoms with E-state index in [1.54, 1.807) is 0 Å². The second-order valence-electron chi connectivity index (χ2n) is 1.15. The average Bonchev–Trinajstić information content (AvgIpc) is 1.76. The number of hydrogen-bond donors (Lipinski definition) is 0. The quantitative estimate of drug-likeness (QED) is 0.269. The van der Waals surface area contributed by atoms with E-state index in [-0.39, 0.29) is 43.5 Å². The Hall–Kier alpha value is 1.31. The second kappa shape index (κ2) is 7.31. The molecular weight excluding hydrogens is 256 g/mol. The Morgan fingerprint density at radius 2 is 2.14 bits per heavy atom. The first-order valence-electron chi connectivity index (χ1n) is 1.89. The van der Waals surface area contributed by atoms with Gasteiger partial charge in [0.15, 0.2) is 0 Å². The van der Waals surface area contributed by atoms with Crippen molar-refractivity contribution in [2.75, 3.05) is 13.2 Å². The van der Waals surface area contributed by atoms with Gasteiger partial charge in [0.2, 0.25) is 0 Å². The van der Waals surface area contributed by atoms with Crippen LogP contribution < -0.4 is 24.0 Å². The molecule has 0 saturated carbocycles. The molecule has 0 radical (unpaired) electrons. The van der Waals surface area contributed by atoms with Crippen molar-refractivity contribution < 1.29 is 48.2 Å². The van der Waals surface area contributed by atoms with E-state index in [0.29, 0.717) is 0 Å². The number of ether oxygens (including phenoxy) is 1. The van der Waals surface area contributed by atoms with Gasteiger partial charge in [0.25, 0.3) is 0 Å². The maximum absolute atomic E-state index is 4.89. The largest absolute Gasteiger partial charge is 2.00 e. The molecule has 0 aromatic rings. The molecule has 0 amide bonds. The molecule has 0 aliphatic carbocycles. The van der Waals surface area contributed by atoms with Crippen LogP contribution in [-0.2, 0) is 24.2 Å². The molecule has 1 fully saturated rings. The van der Waals surface area contributed by atoms with Gasteiger partial charge in [-0.2, -0.15) is 6.42 Å². The summed E-state index contributed by atoms with van der Waals surface area (Å²) in [4.78, 5) is 0. The maximum atomic E-state index is 4.89. The summed E-state index contributed by atoms with van der Waals surface area (Å²) in [6.07, 6.45) is 3.29. The minimum Gasteiger partial charge on any atom is -1.00 e. The van der Waals surface area contributed by atoms with Crippen molar-refractivity contribution in [3.8, 4) is 0 Å². The van der Waals surface area contributed by atoms with Crippen LogP contribution >= 0.6 is 0 Å². The normalized spacial score (nSPS) is 17.1. The van der Waals surface area contributed by atoms with E-state index >= 15 is 0 Å². The zero-order valence-electron chi connectivity index (χ0n) is 4.19. The minimum atomic E-state index is 0. The molecule has 3 heteroatoms. The Kier molecular flexibility index (Phi) is 11.7. The van der Waals surface area contributed by atoms with Crippen molar-refractivity contribution >= 4 is 0 Å². The third-order valence-electron chi connectivity index (χ3n) is 0.702. The fourth-order valence-corrected chi connectivity index (χ4v) is 0.417.